The summed E-state index contributed by atoms with van der Waals surface area (Å²) in [7, 11) is 0. The fourth-order valence-corrected chi connectivity index (χ4v) is 5.03. The zero-order valence-corrected chi connectivity index (χ0v) is 21.7. The predicted octanol–water partition coefficient (Wildman–Crippen LogP) is 8.21. The smallest absolute Gasteiger partial charge is 0.251 e. The molecule has 0 atom stereocenters. The van der Waals surface area contributed by atoms with Gasteiger partial charge in [0.15, 0.2) is 0 Å². The first-order valence-electron chi connectivity index (χ1n) is 11.9. The van der Waals surface area contributed by atoms with Crippen LogP contribution in [-0.4, -0.2) is 10.5 Å². The van der Waals surface area contributed by atoms with Gasteiger partial charge in [-0.25, -0.2) is 0 Å². The molecule has 0 spiro atoms. The molecule has 0 aliphatic rings. The minimum Gasteiger partial charge on any atom is -0.348 e. The van der Waals surface area contributed by atoms with Gasteiger partial charge in [-0.1, -0.05) is 83.9 Å². The Morgan fingerprint density at radius 2 is 1.56 bits per heavy atom. The molecule has 0 fully saturated rings. The van der Waals surface area contributed by atoms with E-state index in [9.17, 15) is 4.79 Å². The van der Waals surface area contributed by atoms with E-state index in [0.717, 1.165) is 23.0 Å². The van der Waals surface area contributed by atoms with Crippen molar-refractivity contribution in [3.05, 3.63) is 129 Å². The standard InChI is InChI=1S/C31H26Cl2N2O/c1-20-21(2)35(19-22-8-10-24(11-9-22)23-6-4-3-5-7-23)30-15-13-25(16-28(20)30)31(36)34-18-26-12-14-27(32)17-29(26)33/h3-17H,18-19H2,1-2H3,(H,34,36). The van der Waals surface area contributed by atoms with E-state index >= 15 is 0 Å². The zero-order chi connectivity index (χ0) is 25.2. The van der Waals surface area contributed by atoms with Crippen molar-refractivity contribution in [1.82, 2.24) is 9.88 Å². The summed E-state index contributed by atoms with van der Waals surface area (Å²) in [5.41, 5.74) is 8.61. The van der Waals surface area contributed by atoms with Crippen LogP contribution >= 0.6 is 23.2 Å². The Labute approximate surface area is 221 Å². The lowest BCUT2D eigenvalue weighted by Gasteiger charge is -2.11. The average Bonchev–Trinajstić information content (AvgIpc) is 3.13. The van der Waals surface area contributed by atoms with Crippen LogP contribution in [0.15, 0.2) is 91.0 Å². The predicted molar refractivity (Wildman–Crippen MR) is 150 cm³/mol. The summed E-state index contributed by atoms with van der Waals surface area (Å²) in [6.07, 6.45) is 0. The summed E-state index contributed by atoms with van der Waals surface area (Å²) >= 11 is 12.2. The minimum atomic E-state index is -0.135. The van der Waals surface area contributed by atoms with Crippen molar-refractivity contribution >= 4 is 40.0 Å². The third-order valence-electron chi connectivity index (χ3n) is 6.76. The van der Waals surface area contributed by atoms with E-state index in [1.165, 1.54) is 27.9 Å². The number of hydrogen-bond acceptors (Lipinski definition) is 1. The number of halogens is 2. The highest BCUT2D eigenvalue weighted by Gasteiger charge is 2.15. The fraction of sp³-hybridized carbons (Fsp3) is 0.129. The number of carbonyl (C=O) groups is 1. The molecule has 0 saturated heterocycles. The van der Waals surface area contributed by atoms with E-state index in [1.54, 1.807) is 12.1 Å². The van der Waals surface area contributed by atoms with Crippen molar-refractivity contribution in [1.29, 1.82) is 0 Å². The number of carbonyl (C=O) groups excluding carboxylic acids is 1. The van der Waals surface area contributed by atoms with Crippen LogP contribution in [0.3, 0.4) is 0 Å². The molecule has 0 bridgehead atoms. The monoisotopic (exact) mass is 512 g/mol. The van der Waals surface area contributed by atoms with Gasteiger partial charge in [-0.3, -0.25) is 4.79 Å². The molecule has 0 saturated carbocycles. The molecule has 1 aromatic heterocycles. The number of benzene rings is 4. The maximum atomic E-state index is 12.9. The highest BCUT2D eigenvalue weighted by atomic mass is 35.5. The van der Waals surface area contributed by atoms with E-state index in [4.69, 9.17) is 23.2 Å². The van der Waals surface area contributed by atoms with Gasteiger partial charge < -0.3 is 9.88 Å². The lowest BCUT2D eigenvalue weighted by molar-refractivity contribution is 0.0951. The second-order valence-corrected chi connectivity index (χ2v) is 9.85. The highest BCUT2D eigenvalue weighted by Crippen LogP contribution is 2.28. The zero-order valence-electron chi connectivity index (χ0n) is 20.2. The Bertz CT molecular complexity index is 1550. The number of nitrogens with one attached hydrogen (secondary N) is 1. The van der Waals surface area contributed by atoms with E-state index in [-0.39, 0.29) is 5.91 Å². The van der Waals surface area contributed by atoms with E-state index in [1.807, 2.05) is 30.3 Å². The molecule has 36 heavy (non-hydrogen) atoms. The Morgan fingerprint density at radius 1 is 0.833 bits per heavy atom. The molecule has 3 nitrogen and oxygen atoms in total. The second-order valence-electron chi connectivity index (χ2n) is 9.01. The molecule has 5 rings (SSSR count). The molecular formula is C31H26Cl2N2O. The lowest BCUT2D eigenvalue weighted by atomic mass is 10.0. The number of aryl methyl sites for hydroxylation is 1. The molecule has 0 aliphatic heterocycles. The van der Waals surface area contributed by atoms with Crippen LogP contribution in [0.5, 0.6) is 0 Å². The second kappa shape index (κ2) is 10.2. The third-order valence-corrected chi connectivity index (χ3v) is 7.34. The van der Waals surface area contributed by atoms with Gasteiger partial charge in [0.05, 0.1) is 0 Å². The van der Waals surface area contributed by atoms with Gasteiger partial charge >= 0.3 is 0 Å². The van der Waals surface area contributed by atoms with Gasteiger partial charge in [0.1, 0.15) is 0 Å². The molecule has 180 valence electrons. The van der Waals surface area contributed by atoms with Crippen LogP contribution in [0.1, 0.15) is 32.7 Å². The number of aromatic nitrogens is 1. The van der Waals surface area contributed by atoms with Crippen LogP contribution in [0.25, 0.3) is 22.0 Å². The Morgan fingerprint density at radius 3 is 2.28 bits per heavy atom. The first-order chi connectivity index (χ1) is 17.4. The van der Waals surface area contributed by atoms with Crippen molar-refractivity contribution in [3.8, 4) is 11.1 Å². The van der Waals surface area contributed by atoms with Crippen LogP contribution in [-0.2, 0) is 13.1 Å². The van der Waals surface area contributed by atoms with Gasteiger partial charge in [0, 0.05) is 45.3 Å². The molecule has 1 heterocycles. The van der Waals surface area contributed by atoms with Gasteiger partial charge in [-0.15, -0.1) is 0 Å². The Balaban J connectivity index is 1.36. The lowest BCUT2D eigenvalue weighted by Crippen LogP contribution is -2.22. The number of hydrogen-bond donors (Lipinski definition) is 1. The molecule has 0 radical (unpaired) electrons. The first kappa shape index (κ1) is 24.2. The molecule has 5 aromatic rings. The van der Waals surface area contributed by atoms with Crippen LogP contribution in [0.2, 0.25) is 10.0 Å². The van der Waals surface area contributed by atoms with Crippen molar-refractivity contribution in [3.63, 3.8) is 0 Å². The first-order valence-corrected chi connectivity index (χ1v) is 12.6. The van der Waals surface area contributed by atoms with E-state index in [0.29, 0.717) is 22.2 Å². The van der Waals surface area contributed by atoms with Crippen LogP contribution in [0, 0.1) is 13.8 Å². The maximum absolute atomic E-state index is 12.9. The summed E-state index contributed by atoms with van der Waals surface area (Å²) in [6, 6.07) is 30.3. The summed E-state index contributed by atoms with van der Waals surface area (Å²) < 4.78 is 2.32. The normalized spacial score (nSPS) is 11.1. The topological polar surface area (TPSA) is 34.0 Å². The van der Waals surface area contributed by atoms with Gasteiger partial charge in [-0.05, 0) is 72.0 Å². The number of fused-ring (bicyclic) bond motifs is 1. The highest BCUT2D eigenvalue weighted by molar-refractivity contribution is 6.35. The molecular weight excluding hydrogens is 487 g/mol. The Hall–Kier alpha value is -3.53. The summed E-state index contributed by atoms with van der Waals surface area (Å²) in [5, 5.41) is 5.17. The fourth-order valence-electron chi connectivity index (χ4n) is 4.55. The molecule has 4 aromatic carbocycles. The van der Waals surface area contributed by atoms with Gasteiger partial charge in [0.2, 0.25) is 0 Å². The van der Waals surface area contributed by atoms with Gasteiger partial charge in [-0.2, -0.15) is 0 Å². The molecule has 1 amide bonds. The quantitative estimate of drug-likeness (QED) is 0.244. The number of nitrogens with zero attached hydrogens (tertiary/aromatic N) is 1. The summed E-state index contributed by atoms with van der Waals surface area (Å²) in [6.45, 7) is 5.36. The van der Waals surface area contributed by atoms with Crippen molar-refractivity contribution in [2.75, 3.05) is 0 Å². The largest absolute Gasteiger partial charge is 0.348 e. The molecule has 0 aliphatic carbocycles. The molecule has 0 unspecified atom stereocenters. The van der Waals surface area contributed by atoms with Crippen molar-refractivity contribution < 1.29 is 4.79 Å². The maximum Gasteiger partial charge on any atom is 0.251 e. The third kappa shape index (κ3) is 4.90. The molecule has 1 N–H and O–H groups in total. The van der Waals surface area contributed by atoms with E-state index < -0.39 is 0 Å². The molecule has 5 heteroatoms. The minimum absolute atomic E-state index is 0.135. The summed E-state index contributed by atoms with van der Waals surface area (Å²) in [4.78, 5) is 12.9. The van der Waals surface area contributed by atoms with E-state index in [2.05, 4.69) is 72.3 Å². The van der Waals surface area contributed by atoms with Crippen molar-refractivity contribution in [2.24, 2.45) is 0 Å². The van der Waals surface area contributed by atoms with Gasteiger partial charge in [0.25, 0.3) is 5.91 Å². The van der Waals surface area contributed by atoms with Crippen molar-refractivity contribution in [2.45, 2.75) is 26.9 Å². The Kier molecular flexibility index (Phi) is 6.86. The number of amides is 1. The van der Waals surface area contributed by atoms with Crippen LogP contribution < -0.4 is 5.32 Å². The van der Waals surface area contributed by atoms with Crippen LogP contribution in [0.4, 0.5) is 0 Å². The average molecular weight is 513 g/mol. The summed E-state index contributed by atoms with van der Waals surface area (Å²) in [5.74, 6) is -0.135. The number of rotatable bonds is 6. The SMILES string of the molecule is Cc1c(C)n(Cc2ccc(-c3ccccc3)cc2)c2ccc(C(=O)NCc3ccc(Cl)cc3Cl)cc12.